The molecule has 1 aliphatic rings. The molecule has 1 fully saturated rings. The van der Waals surface area contributed by atoms with Crippen molar-refractivity contribution < 1.29 is 9.90 Å². The van der Waals surface area contributed by atoms with Gasteiger partial charge in [-0.15, -0.1) is 0 Å². The number of carboxylic acid groups (broad SMARTS) is 1. The summed E-state index contributed by atoms with van der Waals surface area (Å²) in [6.45, 7) is 0.870. The zero-order chi connectivity index (χ0) is 13.7. The van der Waals surface area contributed by atoms with Gasteiger partial charge in [-0.25, -0.2) is 0 Å². The van der Waals surface area contributed by atoms with Crippen molar-refractivity contribution in [1.29, 1.82) is 0 Å². The van der Waals surface area contributed by atoms with Crippen LogP contribution >= 0.6 is 11.8 Å². The Balaban J connectivity index is 1.84. The maximum Gasteiger partial charge on any atom is 0.307 e. The van der Waals surface area contributed by atoms with Crippen LogP contribution in [0.4, 0.5) is 0 Å². The number of nitrogens with one attached hydrogen (secondary N) is 1. The van der Waals surface area contributed by atoms with E-state index in [0.717, 1.165) is 17.4 Å². The van der Waals surface area contributed by atoms with E-state index < -0.39 is 5.97 Å². The van der Waals surface area contributed by atoms with Crippen LogP contribution in [0.1, 0.15) is 30.4 Å². The molecular weight excluding hydrogens is 258 g/mol. The Bertz CT molecular complexity index is 419. The second-order valence-electron chi connectivity index (χ2n) is 5.08. The van der Waals surface area contributed by atoms with Crippen molar-refractivity contribution in [2.75, 3.05) is 6.26 Å². The largest absolute Gasteiger partial charge is 0.481 e. The predicted molar refractivity (Wildman–Crippen MR) is 79.6 cm³/mol. The topological polar surface area (TPSA) is 49.3 Å². The van der Waals surface area contributed by atoms with Gasteiger partial charge in [0.05, 0.1) is 6.42 Å². The van der Waals surface area contributed by atoms with Gasteiger partial charge in [-0.2, -0.15) is 11.8 Å². The molecule has 0 amide bonds. The molecule has 0 bridgehead atoms. The van der Waals surface area contributed by atoms with Gasteiger partial charge in [-0.05, 0) is 30.2 Å². The van der Waals surface area contributed by atoms with Crippen LogP contribution in [0.15, 0.2) is 24.3 Å². The number of carbonyl (C=O) groups is 1. The van der Waals surface area contributed by atoms with Crippen molar-refractivity contribution in [3.63, 3.8) is 0 Å². The second kappa shape index (κ2) is 6.96. The highest BCUT2D eigenvalue weighted by Gasteiger charge is 2.25. The van der Waals surface area contributed by atoms with Gasteiger partial charge in [0.15, 0.2) is 0 Å². The molecule has 2 rings (SSSR count). The van der Waals surface area contributed by atoms with E-state index in [1.54, 1.807) is 0 Å². The molecule has 0 aromatic heterocycles. The molecule has 1 aromatic carbocycles. The Hall–Kier alpha value is -1.00. The van der Waals surface area contributed by atoms with E-state index in [-0.39, 0.29) is 6.42 Å². The maximum atomic E-state index is 10.6. The van der Waals surface area contributed by atoms with Gasteiger partial charge in [0.25, 0.3) is 0 Å². The number of benzene rings is 1. The number of hydrogen-bond acceptors (Lipinski definition) is 3. The summed E-state index contributed by atoms with van der Waals surface area (Å²) >= 11 is 1.96. The zero-order valence-corrected chi connectivity index (χ0v) is 12.1. The number of rotatable bonds is 6. The summed E-state index contributed by atoms with van der Waals surface area (Å²) in [4.78, 5) is 10.6. The lowest BCUT2D eigenvalue weighted by atomic mass is 10.1. The zero-order valence-electron chi connectivity index (χ0n) is 11.3. The summed E-state index contributed by atoms with van der Waals surface area (Å²) in [6, 6.07) is 8.48. The summed E-state index contributed by atoms with van der Waals surface area (Å²) in [5.41, 5.74) is 2.08. The van der Waals surface area contributed by atoms with E-state index in [0.29, 0.717) is 6.04 Å². The summed E-state index contributed by atoms with van der Waals surface area (Å²) in [5.74, 6) is -0.778. The van der Waals surface area contributed by atoms with Crippen molar-refractivity contribution in [3.8, 4) is 0 Å². The number of carboxylic acids is 1. The fourth-order valence-electron chi connectivity index (χ4n) is 2.64. The standard InChI is InChI=1S/C15H21NO2S/c1-19-14-4-2-3-13(14)16-10-12-7-5-11(6-8-12)9-15(17)18/h5-8,13-14,16H,2-4,9-10H2,1H3,(H,17,18). The Morgan fingerprint density at radius 3 is 2.63 bits per heavy atom. The molecule has 2 atom stereocenters. The van der Waals surface area contributed by atoms with Gasteiger partial charge in [0, 0.05) is 17.8 Å². The minimum absolute atomic E-state index is 0.102. The Labute approximate surface area is 118 Å². The van der Waals surface area contributed by atoms with E-state index in [1.807, 2.05) is 36.0 Å². The summed E-state index contributed by atoms with van der Waals surface area (Å²) in [5, 5.41) is 13.1. The molecule has 2 unspecified atom stereocenters. The third kappa shape index (κ3) is 4.25. The Morgan fingerprint density at radius 2 is 2.00 bits per heavy atom. The van der Waals surface area contributed by atoms with E-state index in [9.17, 15) is 4.79 Å². The van der Waals surface area contributed by atoms with Gasteiger partial charge >= 0.3 is 5.97 Å². The van der Waals surface area contributed by atoms with Crippen LogP contribution in [0, 0.1) is 0 Å². The van der Waals surface area contributed by atoms with E-state index >= 15 is 0 Å². The predicted octanol–water partition coefficient (Wildman–Crippen LogP) is 2.69. The lowest BCUT2D eigenvalue weighted by Crippen LogP contribution is -2.33. The van der Waals surface area contributed by atoms with Gasteiger partial charge in [-0.3, -0.25) is 4.79 Å². The van der Waals surface area contributed by atoms with Gasteiger partial charge in [-0.1, -0.05) is 30.7 Å². The van der Waals surface area contributed by atoms with E-state index in [1.165, 1.54) is 24.8 Å². The second-order valence-corrected chi connectivity index (χ2v) is 6.16. The molecular formula is C15H21NO2S. The highest BCUT2D eigenvalue weighted by Crippen LogP contribution is 2.28. The first-order valence-electron chi connectivity index (χ1n) is 6.75. The van der Waals surface area contributed by atoms with Crippen LogP contribution in [-0.2, 0) is 17.8 Å². The SMILES string of the molecule is CSC1CCCC1NCc1ccc(CC(=O)O)cc1. The van der Waals surface area contributed by atoms with Crippen LogP contribution < -0.4 is 5.32 Å². The van der Waals surface area contributed by atoms with Crippen LogP contribution in [-0.4, -0.2) is 28.6 Å². The first-order chi connectivity index (χ1) is 9.19. The van der Waals surface area contributed by atoms with Crippen molar-refractivity contribution in [2.24, 2.45) is 0 Å². The van der Waals surface area contributed by atoms with Gasteiger partial charge in [0.2, 0.25) is 0 Å². The van der Waals surface area contributed by atoms with Crippen molar-refractivity contribution in [3.05, 3.63) is 35.4 Å². The fourth-order valence-corrected chi connectivity index (χ4v) is 3.60. The molecule has 0 aliphatic heterocycles. The molecule has 2 N–H and O–H groups in total. The molecule has 0 radical (unpaired) electrons. The van der Waals surface area contributed by atoms with Crippen LogP contribution in [0.2, 0.25) is 0 Å². The molecule has 1 aromatic rings. The number of aliphatic carboxylic acids is 1. The summed E-state index contributed by atoms with van der Waals surface area (Å²) in [6.07, 6.45) is 6.19. The molecule has 3 nitrogen and oxygen atoms in total. The average molecular weight is 279 g/mol. The molecule has 104 valence electrons. The Morgan fingerprint density at radius 1 is 1.32 bits per heavy atom. The van der Waals surface area contributed by atoms with Crippen molar-refractivity contribution in [2.45, 2.75) is 43.5 Å². The fraction of sp³-hybridized carbons (Fsp3) is 0.533. The first kappa shape index (κ1) is 14.4. The smallest absolute Gasteiger partial charge is 0.307 e. The lowest BCUT2D eigenvalue weighted by molar-refractivity contribution is -0.136. The van der Waals surface area contributed by atoms with Crippen LogP contribution in [0.5, 0.6) is 0 Å². The van der Waals surface area contributed by atoms with Gasteiger partial charge < -0.3 is 10.4 Å². The third-order valence-corrected chi connectivity index (χ3v) is 4.87. The summed E-state index contributed by atoms with van der Waals surface area (Å²) in [7, 11) is 0. The minimum Gasteiger partial charge on any atom is -0.481 e. The molecule has 0 heterocycles. The van der Waals surface area contributed by atoms with Crippen LogP contribution in [0.3, 0.4) is 0 Å². The number of thioether (sulfide) groups is 1. The van der Waals surface area contributed by atoms with E-state index in [2.05, 4.69) is 11.6 Å². The first-order valence-corrected chi connectivity index (χ1v) is 8.03. The van der Waals surface area contributed by atoms with Crippen molar-refractivity contribution >= 4 is 17.7 Å². The van der Waals surface area contributed by atoms with Crippen molar-refractivity contribution in [1.82, 2.24) is 5.32 Å². The van der Waals surface area contributed by atoms with Crippen LogP contribution in [0.25, 0.3) is 0 Å². The lowest BCUT2D eigenvalue weighted by Gasteiger charge is -2.19. The average Bonchev–Trinajstić information content (AvgIpc) is 2.84. The molecule has 19 heavy (non-hydrogen) atoms. The summed E-state index contributed by atoms with van der Waals surface area (Å²) < 4.78 is 0. The van der Waals surface area contributed by atoms with E-state index in [4.69, 9.17) is 5.11 Å². The third-order valence-electron chi connectivity index (χ3n) is 3.70. The molecule has 4 heteroatoms. The minimum atomic E-state index is -0.778. The molecule has 0 spiro atoms. The maximum absolute atomic E-state index is 10.6. The van der Waals surface area contributed by atoms with Gasteiger partial charge in [0.1, 0.15) is 0 Å². The molecule has 1 aliphatic carbocycles. The highest BCUT2D eigenvalue weighted by atomic mass is 32.2. The molecule has 0 saturated heterocycles. The quantitative estimate of drug-likeness (QED) is 0.840. The highest BCUT2D eigenvalue weighted by molar-refractivity contribution is 7.99. The monoisotopic (exact) mass is 279 g/mol. The molecule has 1 saturated carbocycles. The Kier molecular flexibility index (Phi) is 5.28. The normalized spacial score (nSPS) is 22.6. The number of hydrogen-bond donors (Lipinski definition) is 2.